The van der Waals surface area contributed by atoms with Crippen LogP contribution in [-0.4, -0.2) is 29.5 Å². The number of ether oxygens (including phenoxy) is 1. The standard InChI is InChI=1S/C10H9F3O4/c1-17-7-4-2-3-6(5-7)9(16,8(14)15)10(11,12)13/h2-5,16H,1H3,(H,14,15)/t9-/m1/s1. The lowest BCUT2D eigenvalue weighted by atomic mass is 9.93. The summed E-state index contributed by atoms with van der Waals surface area (Å²) in [5.74, 6) is -2.37. The van der Waals surface area contributed by atoms with E-state index in [2.05, 4.69) is 4.74 Å². The molecule has 0 aliphatic rings. The third-order valence-corrected chi connectivity index (χ3v) is 2.21. The number of halogens is 3. The molecule has 0 fully saturated rings. The summed E-state index contributed by atoms with van der Waals surface area (Å²) in [5.41, 5.74) is -4.75. The molecule has 0 radical (unpaired) electrons. The fraction of sp³-hybridized carbons (Fsp3) is 0.300. The van der Waals surface area contributed by atoms with E-state index in [0.717, 1.165) is 18.2 Å². The molecule has 7 heteroatoms. The van der Waals surface area contributed by atoms with E-state index in [4.69, 9.17) is 5.11 Å². The molecule has 0 saturated carbocycles. The van der Waals surface area contributed by atoms with Crippen molar-refractivity contribution in [3.63, 3.8) is 0 Å². The Hall–Kier alpha value is -1.76. The van der Waals surface area contributed by atoms with E-state index in [1.165, 1.54) is 13.2 Å². The Labute approximate surface area is 94.3 Å². The quantitative estimate of drug-likeness (QED) is 0.853. The Bertz CT molecular complexity index is 430. The zero-order valence-corrected chi connectivity index (χ0v) is 8.65. The molecule has 0 aliphatic heterocycles. The highest BCUT2D eigenvalue weighted by Gasteiger charge is 2.61. The Balaban J connectivity index is 3.38. The number of methoxy groups -OCH3 is 1. The van der Waals surface area contributed by atoms with Crippen molar-refractivity contribution in [2.75, 3.05) is 7.11 Å². The molecule has 0 spiro atoms. The maximum Gasteiger partial charge on any atom is 0.432 e. The SMILES string of the molecule is COc1cccc([C@@](O)(C(=O)O)C(F)(F)F)c1. The summed E-state index contributed by atoms with van der Waals surface area (Å²) in [5, 5.41) is 17.9. The summed E-state index contributed by atoms with van der Waals surface area (Å²) < 4.78 is 42.5. The first-order valence-electron chi connectivity index (χ1n) is 4.40. The maximum atomic E-state index is 12.6. The molecule has 4 nitrogen and oxygen atoms in total. The molecular formula is C10H9F3O4. The zero-order chi connectivity index (χ0) is 13.3. The number of hydrogen-bond acceptors (Lipinski definition) is 3. The summed E-state index contributed by atoms with van der Waals surface area (Å²) in [6.07, 6.45) is -5.33. The normalized spacial score (nSPS) is 15.1. The second-order valence-corrected chi connectivity index (χ2v) is 3.25. The molecule has 0 aromatic heterocycles. The van der Waals surface area contributed by atoms with Crippen LogP contribution in [0.3, 0.4) is 0 Å². The van der Waals surface area contributed by atoms with Gasteiger partial charge < -0.3 is 14.9 Å². The van der Waals surface area contributed by atoms with E-state index in [9.17, 15) is 23.1 Å². The van der Waals surface area contributed by atoms with Gasteiger partial charge in [-0.1, -0.05) is 12.1 Å². The molecule has 0 bridgehead atoms. The van der Waals surface area contributed by atoms with Crippen molar-refractivity contribution < 1.29 is 32.9 Å². The average molecular weight is 250 g/mol. The maximum absolute atomic E-state index is 12.6. The van der Waals surface area contributed by atoms with Crippen LogP contribution < -0.4 is 4.74 Å². The van der Waals surface area contributed by atoms with Crippen molar-refractivity contribution in [2.45, 2.75) is 11.8 Å². The lowest BCUT2D eigenvalue weighted by Crippen LogP contribution is -2.49. The summed E-state index contributed by atoms with van der Waals surface area (Å²) in [6.45, 7) is 0. The minimum atomic E-state index is -5.33. The number of rotatable bonds is 3. The van der Waals surface area contributed by atoms with Crippen molar-refractivity contribution in [3.8, 4) is 5.75 Å². The lowest BCUT2D eigenvalue weighted by molar-refractivity contribution is -0.265. The van der Waals surface area contributed by atoms with Crippen LogP contribution in [-0.2, 0) is 10.4 Å². The van der Waals surface area contributed by atoms with E-state index in [1.54, 1.807) is 0 Å². The van der Waals surface area contributed by atoms with Crippen molar-refractivity contribution in [2.24, 2.45) is 0 Å². The second-order valence-electron chi connectivity index (χ2n) is 3.25. The summed E-state index contributed by atoms with van der Waals surface area (Å²) >= 11 is 0. The monoisotopic (exact) mass is 250 g/mol. The largest absolute Gasteiger partial charge is 0.497 e. The molecule has 1 rings (SSSR count). The first kappa shape index (κ1) is 13.3. The molecule has 0 aliphatic carbocycles. The van der Waals surface area contributed by atoms with Gasteiger partial charge in [-0.05, 0) is 12.1 Å². The Morgan fingerprint density at radius 2 is 1.94 bits per heavy atom. The highest BCUT2D eigenvalue weighted by molar-refractivity contribution is 5.80. The van der Waals surface area contributed by atoms with Gasteiger partial charge in [0, 0.05) is 5.56 Å². The Morgan fingerprint density at radius 1 is 1.35 bits per heavy atom. The van der Waals surface area contributed by atoms with Crippen LogP contribution in [0.15, 0.2) is 24.3 Å². The van der Waals surface area contributed by atoms with Gasteiger partial charge in [0.1, 0.15) is 5.75 Å². The van der Waals surface area contributed by atoms with Crippen LogP contribution >= 0.6 is 0 Å². The van der Waals surface area contributed by atoms with Gasteiger partial charge in [-0.2, -0.15) is 13.2 Å². The molecule has 1 aromatic rings. The summed E-state index contributed by atoms with van der Waals surface area (Å²) in [7, 11) is 1.21. The van der Waals surface area contributed by atoms with Crippen LogP contribution in [0.4, 0.5) is 13.2 Å². The Morgan fingerprint density at radius 3 is 2.35 bits per heavy atom. The number of benzene rings is 1. The molecule has 17 heavy (non-hydrogen) atoms. The predicted molar refractivity (Wildman–Crippen MR) is 50.6 cm³/mol. The van der Waals surface area contributed by atoms with E-state index in [1.807, 2.05) is 0 Å². The molecule has 2 N–H and O–H groups in total. The first-order valence-corrected chi connectivity index (χ1v) is 4.40. The predicted octanol–water partition coefficient (Wildman–Crippen LogP) is 1.53. The third kappa shape index (κ3) is 2.19. The molecule has 0 heterocycles. The molecule has 1 aromatic carbocycles. The van der Waals surface area contributed by atoms with Gasteiger partial charge in [0.15, 0.2) is 0 Å². The van der Waals surface area contributed by atoms with Crippen LogP contribution in [0.5, 0.6) is 5.75 Å². The minimum absolute atomic E-state index is 0.0198. The molecule has 0 unspecified atom stereocenters. The number of carboxylic acids is 1. The summed E-state index contributed by atoms with van der Waals surface area (Å²) in [4.78, 5) is 10.7. The number of carboxylic acid groups (broad SMARTS) is 1. The van der Waals surface area contributed by atoms with Gasteiger partial charge in [-0.15, -0.1) is 0 Å². The fourth-order valence-corrected chi connectivity index (χ4v) is 1.26. The lowest BCUT2D eigenvalue weighted by Gasteiger charge is -2.26. The van der Waals surface area contributed by atoms with Crippen LogP contribution in [0, 0.1) is 0 Å². The van der Waals surface area contributed by atoms with Gasteiger partial charge in [0.25, 0.3) is 5.60 Å². The molecule has 0 saturated heterocycles. The van der Waals surface area contributed by atoms with Gasteiger partial charge in [-0.3, -0.25) is 0 Å². The zero-order valence-electron chi connectivity index (χ0n) is 8.65. The van der Waals surface area contributed by atoms with Gasteiger partial charge in [-0.25, -0.2) is 4.79 Å². The second kappa shape index (κ2) is 4.25. The first-order chi connectivity index (χ1) is 7.73. The van der Waals surface area contributed by atoms with Crippen LogP contribution in [0.1, 0.15) is 5.56 Å². The number of aliphatic hydroxyl groups is 1. The number of aliphatic carboxylic acids is 1. The van der Waals surface area contributed by atoms with Crippen LogP contribution in [0.2, 0.25) is 0 Å². The Kier molecular flexibility index (Phi) is 3.33. The van der Waals surface area contributed by atoms with E-state index in [0.29, 0.717) is 0 Å². The van der Waals surface area contributed by atoms with E-state index in [-0.39, 0.29) is 5.75 Å². The minimum Gasteiger partial charge on any atom is -0.497 e. The average Bonchev–Trinajstić information content (AvgIpc) is 2.26. The number of carbonyl (C=O) groups is 1. The number of hydrogen-bond donors (Lipinski definition) is 2. The molecular weight excluding hydrogens is 241 g/mol. The highest BCUT2D eigenvalue weighted by atomic mass is 19.4. The van der Waals surface area contributed by atoms with Crippen molar-refractivity contribution >= 4 is 5.97 Å². The van der Waals surface area contributed by atoms with Crippen molar-refractivity contribution in [1.82, 2.24) is 0 Å². The number of alkyl halides is 3. The van der Waals surface area contributed by atoms with Gasteiger partial charge in [0.2, 0.25) is 0 Å². The van der Waals surface area contributed by atoms with Gasteiger partial charge >= 0.3 is 12.1 Å². The topological polar surface area (TPSA) is 66.8 Å². The summed E-state index contributed by atoms with van der Waals surface area (Å²) in [6, 6.07) is 4.18. The van der Waals surface area contributed by atoms with Crippen molar-refractivity contribution in [3.05, 3.63) is 29.8 Å². The third-order valence-electron chi connectivity index (χ3n) is 2.21. The molecule has 0 amide bonds. The van der Waals surface area contributed by atoms with Gasteiger partial charge in [0.05, 0.1) is 7.11 Å². The molecule has 94 valence electrons. The fourth-order valence-electron chi connectivity index (χ4n) is 1.26. The molecule has 1 atom stereocenters. The van der Waals surface area contributed by atoms with Crippen LogP contribution in [0.25, 0.3) is 0 Å². The highest BCUT2D eigenvalue weighted by Crippen LogP contribution is 2.40. The van der Waals surface area contributed by atoms with Crippen molar-refractivity contribution in [1.29, 1.82) is 0 Å². The van der Waals surface area contributed by atoms with E-state index >= 15 is 0 Å². The smallest absolute Gasteiger partial charge is 0.432 e. The van der Waals surface area contributed by atoms with E-state index < -0.39 is 23.3 Å².